The van der Waals surface area contributed by atoms with E-state index in [1.165, 1.54) is 0 Å². The van der Waals surface area contributed by atoms with E-state index < -0.39 is 5.82 Å². The third-order valence-electron chi connectivity index (χ3n) is 2.31. The second-order valence-corrected chi connectivity index (χ2v) is 3.92. The third-order valence-corrected chi connectivity index (χ3v) is 2.49. The molecule has 15 heavy (non-hydrogen) atoms. The molecule has 6 heteroatoms. The Balaban J connectivity index is 2.07. The molecule has 82 valence electrons. The van der Waals surface area contributed by atoms with E-state index in [1.807, 2.05) is 7.05 Å². The van der Waals surface area contributed by atoms with Crippen LogP contribution in [-0.4, -0.2) is 41.1 Å². The van der Waals surface area contributed by atoms with Gasteiger partial charge in [0.2, 0.25) is 11.1 Å². The summed E-state index contributed by atoms with van der Waals surface area (Å²) in [6.45, 7) is 1.73. The molecule has 1 aliphatic heterocycles. The fourth-order valence-corrected chi connectivity index (χ4v) is 1.69. The maximum Gasteiger partial charge on any atom is 0.255 e. The van der Waals surface area contributed by atoms with Crippen LogP contribution in [0.25, 0.3) is 0 Å². The molecule has 1 aromatic heterocycles. The van der Waals surface area contributed by atoms with Crippen LogP contribution in [0.2, 0.25) is 5.28 Å². The molecule has 0 spiro atoms. The van der Waals surface area contributed by atoms with E-state index >= 15 is 0 Å². The van der Waals surface area contributed by atoms with Gasteiger partial charge in [-0.3, -0.25) is 0 Å². The van der Waals surface area contributed by atoms with E-state index in [2.05, 4.69) is 14.9 Å². The van der Waals surface area contributed by atoms with Crippen molar-refractivity contribution in [3.63, 3.8) is 0 Å². The number of hydrogen-bond donors (Lipinski definition) is 0. The molecular formula is C9H11ClFN3O. The number of hydrogen-bond acceptors (Lipinski definition) is 4. The van der Waals surface area contributed by atoms with Gasteiger partial charge in [0.25, 0.3) is 5.88 Å². The fourth-order valence-electron chi connectivity index (χ4n) is 1.56. The normalized spacial score (nSPS) is 21.9. The average molecular weight is 232 g/mol. The van der Waals surface area contributed by atoms with Gasteiger partial charge in [0.1, 0.15) is 6.10 Å². The molecule has 1 atom stereocenters. The molecule has 1 fully saturated rings. The number of likely N-dealkylation sites (N-methyl/N-ethyl adjacent to an activating group) is 1. The van der Waals surface area contributed by atoms with E-state index in [1.54, 1.807) is 0 Å². The van der Waals surface area contributed by atoms with E-state index in [-0.39, 0.29) is 17.3 Å². The summed E-state index contributed by atoms with van der Waals surface area (Å²) in [6, 6.07) is 0. The van der Waals surface area contributed by atoms with Crippen molar-refractivity contribution in [1.82, 2.24) is 14.9 Å². The standard InChI is InChI=1S/C9H11ClFN3O/c1-14-3-2-6(5-14)15-8-7(11)4-12-9(10)13-8/h4,6H,2-3,5H2,1H3. The molecule has 0 saturated carbocycles. The largest absolute Gasteiger partial charge is 0.471 e. The highest BCUT2D eigenvalue weighted by atomic mass is 35.5. The van der Waals surface area contributed by atoms with Gasteiger partial charge >= 0.3 is 0 Å². The van der Waals surface area contributed by atoms with Crippen LogP contribution in [0.15, 0.2) is 6.20 Å². The van der Waals surface area contributed by atoms with Gasteiger partial charge in [-0.05, 0) is 25.1 Å². The summed E-state index contributed by atoms with van der Waals surface area (Å²) in [6.07, 6.45) is 1.87. The van der Waals surface area contributed by atoms with Crippen LogP contribution in [0.4, 0.5) is 4.39 Å². The Bertz CT molecular complexity index is 363. The lowest BCUT2D eigenvalue weighted by Crippen LogP contribution is -2.22. The van der Waals surface area contributed by atoms with Crippen LogP contribution in [0, 0.1) is 5.82 Å². The van der Waals surface area contributed by atoms with Crippen molar-refractivity contribution in [2.24, 2.45) is 0 Å². The van der Waals surface area contributed by atoms with Gasteiger partial charge < -0.3 is 9.64 Å². The average Bonchev–Trinajstić information content (AvgIpc) is 2.58. The number of rotatable bonds is 2. The van der Waals surface area contributed by atoms with Crippen molar-refractivity contribution in [2.45, 2.75) is 12.5 Å². The van der Waals surface area contributed by atoms with E-state index in [9.17, 15) is 4.39 Å². The highest BCUT2D eigenvalue weighted by Crippen LogP contribution is 2.19. The number of nitrogens with zero attached hydrogens (tertiary/aromatic N) is 3. The van der Waals surface area contributed by atoms with E-state index in [4.69, 9.17) is 16.3 Å². The summed E-state index contributed by atoms with van der Waals surface area (Å²) < 4.78 is 18.6. The van der Waals surface area contributed by atoms with E-state index in [0.717, 1.165) is 25.7 Å². The van der Waals surface area contributed by atoms with Crippen molar-refractivity contribution in [2.75, 3.05) is 20.1 Å². The lowest BCUT2D eigenvalue weighted by atomic mass is 10.3. The zero-order valence-electron chi connectivity index (χ0n) is 8.28. The maximum atomic E-state index is 13.2. The molecule has 1 saturated heterocycles. The van der Waals surface area contributed by atoms with Crippen LogP contribution >= 0.6 is 11.6 Å². The Morgan fingerprint density at radius 1 is 1.67 bits per heavy atom. The molecule has 0 bridgehead atoms. The Morgan fingerprint density at radius 3 is 3.13 bits per heavy atom. The van der Waals surface area contributed by atoms with Gasteiger partial charge in [0.05, 0.1) is 6.20 Å². The molecule has 2 heterocycles. The lowest BCUT2D eigenvalue weighted by molar-refractivity contribution is 0.190. The maximum absolute atomic E-state index is 13.2. The second kappa shape index (κ2) is 4.28. The van der Waals surface area contributed by atoms with Gasteiger partial charge in [-0.1, -0.05) is 0 Å². The number of ether oxygens (including phenoxy) is 1. The Morgan fingerprint density at radius 2 is 2.47 bits per heavy atom. The molecule has 0 aliphatic carbocycles. The van der Waals surface area contributed by atoms with Gasteiger partial charge in [-0.2, -0.15) is 9.37 Å². The predicted octanol–water partition coefficient (Wildman–Crippen LogP) is 1.35. The molecular weight excluding hydrogens is 221 g/mol. The Labute approximate surface area is 92.0 Å². The first-order chi connectivity index (χ1) is 7.15. The highest BCUT2D eigenvalue weighted by Gasteiger charge is 2.22. The smallest absolute Gasteiger partial charge is 0.255 e. The van der Waals surface area contributed by atoms with E-state index in [0.29, 0.717) is 0 Å². The molecule has 0 radical (unpaired) electrons. The summed E-state index contributed by atoms with van der Waals surface area (Å²) >= 11 is 5.55. The van der Waals surface area contributed by atoms with Crippen LogP contribution < -0.4 is 4.74 Å². The number of aromatic nitrogens is 2. The highest BCUT2D eigenvalue weighted by molar-refractivity contribution is 6.28. The Hall–Kier alpha value is -0.940. The van der Waals surface area contributed by atoms with Crippen LogP contribution in [0.1, 0.15) is 6.42 Å². The van der Waals surface area contributed by atoms with Crippen LogP contribution in [-0.2, 0) is 0 Å². The zero-order valence-corrected chi connectivity index (χ0v) is 9.04. The Kier molecular flexibility index (Phi) is 3.02. The van der Waals surface area contributed by atoms with Crippen LogP contribution in [0.5, 0.6) is 5.88 Å². The SMILES string of the molecule is CN1CCC(Oc2nc(Cl)ncc2F)C1. The first-order valence-electron chi connectivity index (χ1n) is 4.68. The molecule has 1 aromatic rings. The van der Waals surface area contributed by atoms with Crippen LogP contribution in [0.3, 0.4) is 0 Å². The second-order valence-electron chi connectivity index (χ2n) is 3.58. The zero-order chi connectivity index (χ0) is 10.8. The molecule has 0 N–H and O–H groups in total. The minimum Gasteiger partial charge on any atom is -0.471 e. The summed E-state index contributed by atoms with van der Waals surface area (Å²) in [4.78, 5) is 9.33. The molecule has 0 amide bonds. The van der Waals surface area contributed by atoms with Crippen molar-refractivity contribution >= 4 is 11.6 Å². The van der Waals surface area contributed by atoms with Crippen molar-refractivity contribution < 1.29 is 9.13 Å². The molecule has 1 unspecified atom stereocenters. The van der Waals surface area contributed by atoms with Crippen molar-refractivity contribution in [3.05, 3.63) is 17.3 Å². The molecule has 0 aromatic carbocycles. The molecule has 4 nitrogen and oxygen atoms in total. The lowest BCUT2D eigenvalue weighted by Gasteiger charge is -2.12. The summed E-state index contributed by atoms with van der Waals surface area (Å²) in [7, 11) is 1.99. The quantitative estimate of drug-likeness (QED) is 0.721. The molecule has 1 aliphatic rings. The predicted molar refractivity (Wildman–Crippen MR) is 53.5 cm³/mol. The first kappa shape index (κ1) is 10.6. The monoisotopic (exact) mass is 231 g/mol. The van der Waals surface area contributed by atoms with Crippen molar-refractivity contribution in [3.8, 4) is 5.88 Å². The number of halogens is 2. The van der Waals surface area contributed by atoms with Gasteiger partial charge in [0.15, 0.2) is 0 Å². The summed E-state index contributed by atoms with van der Waals surface area (Å²) in [5.41, 5.74) is 0. The van der Waals surface area contributed by atoms with Crippen molar-refractivity contribution in [1.29, 1.82) is 0 Å². The van der Waals surface area contributed by atoms with Gasteiger partial charge in [-0.25, -0.2) is 4.98 Å². The third kappa shape index (κ3) is 2.54. The minimum absolute atomic E-state index is 0.00208. The first-order valence-corrected chi connectivity index (χ1v) is 5.06. The minimum atomic E-state index is -0.575. The van der Waals surface area contributed by atoms with Gasteiger partial charge in [-0.15, -0.1) is 0 Å². The number of likely N-dealkylation sites (tertiary alicyclic amines) is 1. The fraction of sp³-hybridized carbons (Fsp3) is 0.556. The summed E-state index contributed by atoms with van der Waals surface area (Å²) in [5.74, 6) is -0.635. The van der Waals surface area contributed by atoms with Gasteiger partial charge in [0, 0.05) is 13.1 Å². The summed E-state index contributed by atoms with van der Waals surface area (Å²) in [5, 5.41) is -0.00208. The topological polar surface area (TPSA) is 38.2 Å². The molecule has 2 rings (SSSR count).